The van der Waals surface area contributed by atoms with E-state index in [1.807, 2.05) is 24.3 Å². The highest BCUT2D eigenvalue weighted by molar-refractivity contribution is 6.30. The van der Waals surface area contributed by atoms with Gasteiger partial charge in [0.15, 0.2) is 0 Å². The first-order valence-corrected chi connectivity index (χ1v) is 5.12. The van der Waals surface area contributed by atoms with E-state index < -0.39 is 0 Å². The minimum Gasteiger partial charge on any atom is -0.383 e. The van der Waals surface area contributed by atoms with E-state index in [2.05, 4.69) is 19.2 Å². The fourth-order valence-electron chi connectivity index (χ4n) is 1.37. The highest BCUT2D eigenvalue weighted by atomic mass is 35.5. The Balaban J connectivity index is 2.53. The molecule has 0 aliphatic carbocycles. The van der Waals surface area contributed by atoms with Gasteiger partial charge < -0.3 is 5.32 Å². The van der Waals surface area contributed by atoms with Crippen LogP contribution in [0.4, 0.5) is 5.69 Å². The predicted molar refractivity (Wildman–Crippen MR) is 59.4 cm³/mol. The summed E-state index contributed by atoms with van der Waals surface area (Å²) in [5, 5.41) is 4.18. The third-order valence-corrected chi connectivity index (χ3v) is 2.19. The lowest BCUT2D eigenvalue weighted by molar-refractivity contribution is 0.690. The summed E-state index contributed by atoms with van der Waals surface area (Å²) < 4.78 is 0. The molecule has 1 atom stereocenters. The highest BCUT2D eigenvalue weighted by Crippen LogP contribution is 2.16. The standard InChI is InChI=1S/C11H16ClN/c1-3-5-9(2)13-11-7-4-6-10(12)8-11/h4,6-9,13H,3,5H2,1-2H3. The van der Waals surface area contributed by atoms with Gasteiger partial charge in [-0.25, -0.2) is 0 Å². The van der Waals surface area contributed by atoms with Gasteiger partial charge in [-0.15, -0.1) is 0 Å². The summed E-state index contributed by atoms with van der Waals surface area (Å²) in [7, 11) is 0. The molecule has 0 aliphatic heterocycles. The molecule has 0 spiro atoms. The number of hydrogen-bond acceptors (Lipinski definition) is 1. The summed E-state index contributed by atoms with van der Waals surface area (Å²) in [5.41, 5.74) is 1.11. The summed E-state index contributed by atoms with van der Waals surface area (Å²) >= 11 is 5.87. The van der Waals surface area contributed by atoms with E-state index in [9.17, 15) is 0 Å². The number of nitrogens with one attached hydrogen (secondary N) is 1. The van der Waals surface area contributed by atoms with E-state index in [1.165, 1.54) is 12.8 Å². The van der Waals surface area contributed by atoms with Gasteiger partial charge in [0.25, 0.3) is 0 Å². The molecule has 0 heterocycles. The Hall–Kier alpha value is -0.690. The second-order valence-corrected chi connectivity index (χ2v) is 3.78. The molecule has 1 unspecified atom stereocenters. The average Bonchev–Trinajstić information content (AvgIpc) is 2.04. The maximum atomic E-state index is 5.87. The Bertz CT molecular complexity index is 260. The molecule has 0 amide bonds. The number of halogens is 1. The van der Waals surface area contributed by atoms with E-state index in [1.54, 1.807) is 0 Å². The van der Waals surface area contributed by atoms with Crippen LogP contribution in [0.1, 0.15) is 26.7 Å². The van der Waals surface area contributed by atoms with Gasteiger partial charge in [0.1, 0.15) is 0 Å². The fraction of sp³-hybridized carbons (Fsp3) is 0.455. The first-order valence-electron chi connectivity index (χ1n) is 4.74. The molecule has 0 aliphatic rings. The fourth-order valence-corrected chi connectivity index (χ4v) is 1.56. The van der Waals surface area contributed by atoms with Gasteiger partial charge in [-0.2, -0.15) is 0 Å². The van der Waals surface area contributed by atoms with Gasteiger partial charge in [0, 0.05) is 16.8 Å². The lowest BCUT2D eigenvalue weighted by Crippen LogP contribution is -2.14. The Labute approximate surface area is 85.1 Å². The quantitative estimate of drug-likeness (QED) is 0.771. The SMILES string of the molecule is CCCC(C)Nc1cccc(Cl)c1. The minimum atomic E-state index is 0.517. The average molecular weight is 198 g/mol. The summed E-state index contributed by atoms with van der Waals surface area (Å²) in [6.45, 7) is 4.38. The molecule has 1 nitrogen and oxygen atoms in total. The molecule has 2 heteroatoms. The number of hydrogen-bond donors (Lipinski definition) is 1. The van der Waals surface area contributed by atoms with E-state index >= 15 is 0 Å². The molecule has 1 aromatic rings. The molecule has 0 radical (unpaired) electrons. The Morgan fingerprint density at radius 2 is 2.23 bits per heavy atom. The number of benzene rings is 1. The molecule has 0 aromatic heterocycles. The summed E-state index contributed by atoms with van der Waals surface area (Å²) in [6.07, 6.45) is 2.39. The van der Waals surface area contributed by atoms with Crippen molar-refractivity contribution in [2.24, 2.45) is 0 Å². The first-order chi connectivity index (χ1) is 6.22. The molecular weight excluding hydrogens is 182 g/mol. The maximum absolute atomic E-state index is 5.87. The van der Waals surface area contributed by atoms with Crippen LogP contribution in [0.25, 0.3) is 0 Å². The molecule has 1 aromatic carbocycles. The third-order valence-electron chi connectivity index (χ3n) is 1.96. The zero-order valence-corrected chi connectivity index (χ0v) is 8.93. The van der Waals surface area contributed by atoms with Crippen LogP contribution in [-0.4, -0.2) is 6.04 Å². The van der Waals surface area contributed by atoms with Crippen LogP contribution in [0, 0.1) is 0 Å². The van der Waals surface area contributed by atoms with Crippen LogP contribution in [0.3, 0.4) is 0 Å². The first kappa shape index (κ1) is 10.4. The van der Waals surface area contributed by atoms with Gasteiger partial charge in [-0.1, -0.05) is 31.0 Å². The monoisotopic (exact) mass is 197 g/mol. The van der Waals surface area contributed by atoms with Crippen molar-refractivity contribution in [3.63, 3.8) is 0 Å². The highest BCUT2D eigenvalue weighted by Gasteiger charge is 1.99. The van der Waals surface area contributed by atoms with Crippen molar-refractivity contribution >= 4 is 17.3 Å². The molecule has 0 bridgehead atoms. The smallest absolute Gasteiger partial charge is 0.0426 e. The van der Waals surface area contributed by atoms with Gasteiger partial charge in [-0.3, -0.25) is 0 Å². The Morgan fingerprint density at radius 1 is 1.46 bits per heavy atom. The summed E-state index contributed by atoms with van der Waals surface area (Å²) in [6, 6.07) is 8.36. The van der Waals surface area contributed by atoms with Crippen LogP contribution < -0.4 is 5.32 Å². The molecular formula is C11H16ClN. The van der Waals surface area contributed by atoms with Crippen LogP contribution in [0.5, 0.6) is 0 Å². The normalized spacial score (nSPS) is 12.5. The van der Waals surface area contributed by atoms with Crippen LogP contribution >= 0.6 is 11.6 Å². The lowest BCUT2D eigenvalue weighted by atomic mass is 10.2. The molecule has 72 valence electrons. The molecule has 1 N–H and O–H groups in total. The summed E-state index contributed by atoms with van der Waals surface area (Å²) in [5.74, 6) is 0. The lowest BCUT2D eigenvalue weighted by Gasteiger charge is -2.14. The zero-order chi connectivity index (χ0) is 9.68. The van der Waals surface area contributed by atoms with Crippen molar-refractivity contribution in [2.75, 3.05) is 5.32 Å². The maximum Gasteiger partial charge on any atom is 0.0426 e. The van der Waals surface area contributed by atoms with Crippen molar-refractivity contribution in [3.8, 4) is 0 Å². The third kappa shape index (κ3) is 3.69. The van der Waals surface area contributed by atoms with Crippen molar-refractivity contribution < 1.29 is 0 Å². The molecule has 0 fully saturated rings. The van der Waals surface area contributed by atoms with Gasteiger partial charge in [0.2, 0.25) is 0 Å². The van der Waals surface area contributed by atoms with Crippen LogP contribution in [0.15, 0.2) is 24.3 Å². The van der Waals surface area contributed by atoms with Crippen molar-refractivity contribution in [1.82, 2.24) is 0 Å². The van der Waals surface area contributed by atoms with Gasteiger partial charge >= 0.3 is 0 Å². The Morgan fingerprint density at radius 3 is 2.85 bits per heavy atom. The Kier molecular flexibility index (Phi) is 4.10. The molecule has 1 rings (SSSR count). The van der Waals surface area contributed by atoms with Gasteiger partial charge in [0.05, 0.1) is 0 Å². The molecule has 0 saturated heterocycles. The predicted octanol–water partition coefficient (Wildman–Crippen LogP) is 3.94. The van der Waals surface area contributed by atoms with Gasteiger partial charge in [-0.05, 0) is 31.5 Å². The minimum absolute atomic E-state index is 0.517. The van der Waals surface area contributed by atoms with Crippen LogP contribution in [-0.2, 0) is 0 Å². The second kappa shape index (κ2) is 5.13. The molecule has 0 saturated carbocycles. The van der Waals surface area contributed by atoms with Crippen molar-refractivity contribution in [1.29, 1.82) is 0 Å². The van der Waals surface area contributed by atoms with E-state index in [0.717, 1.165) is 10.7 Å². The topological polar surface area (TPSA) is 12.0 Å². The zero-order valence-electron chi connectivity index (χ0n) is 8.18. The van der Waals surface area contributed by atoms with E-state index in [0.29, 0.717) is 6.04 Å². The molecule has 13 heavy (non-hydrogen) atoms. The van der Waals surface area contributed by atoms with Crippen molar-refractivity contribution in [2.45, 2.75) is 32.7 Å². The van der Waals surface area contributed by atoms with E-state index in [4.69, 9.17) is 11.6 Å². The number of anilines is 1. The largest absolute Gasteiger partial charge is 0.383 e. The summed E-state index contributed by atoms with van der Waals surface area (Å²) in [4.78, 5) is 0. The second-order valence-electron chi connectivity index (χ2n) is 3.34. The van der Waals surface area contributed by atoms with E-state index in [-0.39, 0.29) is 0 Å². The van der Waals surface area contributed by atoms with Crippen LogP contribution in [0.2, 0.25) is 5.02 Å². The number of rotatable bonds is 4. The van der Waals surface area contributed by atoms with Crippen molar-refractivity contribution in [3.05, 3.63) is 29.3 Å².